The fraction of sp³-hybridized carbons (Fsp3) is 0.500. The van der Waals surface area contributed by atoms with Crippen molar-refractivity contribution in [1.29, 1.82) is 0 Å². The zero-order valence-corrected chi connectivity index (χ0v) is 17.7. The van der Waals surface area contributed by atoms with Gasteiger partial charge in [0.2, 0.25) is 0 Å². The number of aromatic hydroxyl groups is 2. The first-order chi connectivity index (χ1) is 12.1. The summed E-state index contributed by atoms with van der Waals surface area (Å²) in [5, 5.41) is 20.6. The van der Waals surface area contributed by atoms with E-state index in [1.165, 1.54) is 16.7 Å². The summed E-state index contributed by atoms with van der Waals surface area (Å²) in [6.07, 6.45) is 11.8. The molecule has 0 unspecified atom stereocenters. The van der Waals surface area contributed by atoms with Gasteiger partial charge in [0.05, 0.1) is 0 Å². The third-order valence-corrected chi connectivity index (χ3v) is 5.14. The molecular weight excluding hydrogens is 320 g/mol. The van der Waals surface area contributed by atoms with E-state index in [-0.39, 0.29) is 0 Å². The zero-order valence-electron chi connectivity index (χ0n) is 17.7. The molecule has 2 heteroatoms. The highest BCUT2D eigenvalue weighted by atomic mass is 16.3. The maximum atomic E-state index is 10.4. The van der Waals surface area contributed by atoms with Gasteiger partial charge in [-0.25, -0.2) is 0 Å². The first-order valence-corrected chi connectivity index (χ1v) is 9.60. The van der Waals surface area contributed by atoms with Gasteiger partial charge in [0.1, 0.15) is 11.5 Å². The van der Waals surface area contributed by atoms with Crippen LogP contribution in [0.2, 0.25) is 0 Å². The summed E-state index contributed by atoms with van der Waals surface area (Å²) in [5.41, 5.74) is 7.29. The molecule has 2 N–H and O–H groups in total. The minimum absolute atomic E-state index is 0.302. The van der Waals surface area contributed by atoms with Gasteiger partial charge >= 0.3 is 0 Å². The summed E-state index contributed by atoms with van der Waals surface area (Å²) in [4.78, 5) is 0. The fourth-order valence-corrected chi connectivity index (χ4v) is 3.05. The molecule has 26 heavy (non-hydrogen) atoms. The van der Waals surface area contributed by atoms with E-state index in [0.29, 0.717) is 17.9 Å². The lowest BCUT2D eigenvalue weighted by molar-refractivity contribution is 0.444. The Morgan fingerprint density at radius 1 is 0.692 bits per heavy atom. The third-order valence-electron chi connectivity index (χ3n) is 5.14. The molecule has 0 heterocycles. The van der Waals surface area contributed by atoms with Crippen molar-refractivity contribution >= 4 is 0 Å². The van der Waals surface area contributed by atoms with E-state index >= 15 is 0 Å². The Morgan fingerprint density at radius 2 is 1.19 bits per heavy atom. The third kappa shape index (κ3) is 6.40. The maximum absolute atomic E-state index is 10.4. The molecule has 0 saturated carbocycles. The van der Waals surface area contributed by atoms with Crippen LogP contribution in [0, 0.1) is 20.8 Å². The van der Waals surface area contributed by atoms with Gasteiger partial charge in [-0.2, -0.15) is 0 Å². The van der Waals surface area contributed by atoms with Gasteiger partial charge in [0.25, 0.3) is 0 Å². The van der Waals surface area contributed by atoms with Crippen molar-refractivity contribution in [3.63, 3.8) is 0 Å². The Labute approximate surface area is 160 Å². The number of allylic oxidation sites excluding steroid dienone is 6. The van der Waals surface area contributed by atoms with Crippen LogP contribution >= 0.6 is 0 Å². The van der Waals surface area contributed by atoms with Crippen molar-refractivity contribution < 1.29 is 10.2 Å². The second-order valence-electron chi connectivity index (χ2n) is 7.71. The Hall–Kier alpha value is -1.96. The van der Waals surface area contributed by atoms with E-state index in [9.17, 15) is 10.2 Å². The van der Waals surface area contributed by atoms with E-state index in [1.54, 1.807) is 0 Å². The Bertz CT molecular complexity index is 685. The minimum Gasteiger partial charge on any atom is -0.507 e. The van der Waals surface area contributed by atoms with Crippen LogP contribution in [0.15, 0.2) is 34.9 Å². The van der Waals surface area contributed by atoms with Crippen LogP contribution in [0.4, 0.5) is 0 Å². The standard InChI is InChI=1S/C24H36O2/c1-16(2)10-8-11-17(3)12-9-13-18(4)14-15-22-21(7)23(25)19(5)20(6)24(22)26/h10,12,14,25-26H,8-9,11,13,15H2,1-7H3/b17-12+,18-14?. The molecule has 1 aromatic rings. The topological polar surface area (TPSA) is 40.5 Å². The molecule has 144 valence electrons. The first kappa shape index (κ1) is 22.1. The van der Waals surface area contributed by atoms with E-state index in [0.717, 1.165) is 47.9 Å². The molecule has 0 spiro atoms. The number of rotatable bonds is 8. The van der Waals surface area contributed by atoms with Crippen LogP contribution < -0.4 is 0 Å². The summed E-state index contributed by atoms with van der Waals surface area (Å²) in [5.74, 6) is 0.619. The summed E-state index contributed by atoms with van der Waals surface area (Å²) >= 11 is 0. The summed E-state index contributed by atoms with van der Waals surface area (Å²) in [7, 11) is 0. The van der Waals surface area contributed by atoms with Crippen molar-refractivity contribution in [1.82, 2.24) is 0 Å². The Balaban J connectivity index is 2.66. The van der Waals surface area contributed by atoms with Gasteiger partial charge in [0.15, 0.2) is 0 Å². The number of phenolic OH excluding ortho intramolecular Hbond substituents is 2. The number of hydrogen-bond acceptors (Lipinski definition) is 2. The lowest BCUT2D eigenvalue weighted by atomic mass is 9.94. The SMILES string of the molecule is CC(C)=CCC/C(C)=C/CCC(C)=CCc1c(C)c(O)c(C)c(C)c1O. The van der Waals surface area contributed by atoms with Crippen molar-refractivity contribution in [2.75, 3.05) is 0 Å². The molecule has 2 nitrogen and oxygen atoms in total. The first-order valence-electron chi connectivity index (χ1n) is 9.60. The molecule has 0 fully saturated rings. The van der Waals surface area contributed by atoms with Crippen LogP contribution in [0.25, 0.3) is 0 Å². The predicted octanol–water partition coefficient (Wildman–Crippen LogP) is 6.98. The van der Waals surface area contributed by atoms with Crippen molar-refractivity contribution in [2.45, 2.75) is 80.6 Å². The molecule has 0 atom stereocenters. The molecule has 0 aliphatic carbocycles. The van der Waals surface area contributed by atoms with E-state index in [4.69, 9.17) is 0 Å². The lowest BCUT2D eigenvalue weighted by Gasteiger charge is -2.15. The molecule has 0 aromatic heterocycles. The maximum Gasteiger partial charge on any atom is 0.122 e. The zero-order chi connectivity index (χ0) is 19.9. The van der Waals surface area contributed by atoms with Crippen molar-refractivity contribution in [3.8, 4) is 11.5 Å². The van der Waals surface area contributed by atoms with Gasteiger partial charge in [-0.05, 0) is 97.3 Å². The second-order valence-corrected chi connectivity index (χ2v) is 7.71. The largest absolute Gasteiger partial charge is 0.507 e. The molecule has 0 radical (unpaired) electrons. The number of phenols is 2. The average molecular weight is 357 g/mol. The highest BCUT2D eigenvalue weighted by molar-refractivity contribution is 5.57. The minimum atomic E-state index is 0.302. The average Bonchev–Trinajstić information content (AvgIpc) is 2.58. The second kappa shape index (κ2) is 10.3. The van der Waals surface area contributed by atoms with E-state index in [1.807, 2.05) is 20.8 Å². The van der Waals surface area contributed by atoms with Gasteiger partial charge < -0.3 is 10.2 Å². The van der Waals surface area contributed by atoms with E-state index < -0.39 is 0 Å². The molecule has 0 saturated heterocycles. The van der Waals surface area contributed by atoms with Crippen molar-refractivity contribution in [3.05, 3.63) is 57.2 Å². The smallest absolute Gasteiger partial charge is 0.122 e. The van der Waals surface area contributed by atoms with Gasteiger partial charge in [0, 0.05) is 5.56 Å². The molecule has 1 rings (SSSR count). The molecular formula is C24H36O2. The lowest BCUT2D eigenvalue weighted by Crippen LogP contribution is -1.96. The van der Waals surface area contributed by atoms with Gasteiger partial charge in [-0.1, -0.05) is 34.9 Å². The Kier molecular flexibility index (Phi) is 8.71. The normalized spacial score (nSPS) is 12.4. The van der Waals surface area contributed by atoms with Gasteiger partial charge in [-0.3, -0.25) is 0 Å². The van der Waals surface area contributed by atoms with Crippen LogP contribution in [0.1, 0.15) is 75.6 Å². The van der Waals surface area contributed by atoms with Crippen molar-refractivity contribution in [2.24, 2.45) is 0 Å². The van der Waals surface area contributed by atoms with Crippen LogP contribution in [-0.4, -0.2) is 10.2 Å². The molecule has 0 aliphatic rings. The number of benzene rings is 1. The van der Waals surface area contributed by atoms with Gasteiger partial charge in [-0.15, -0.1) is 0 Å². The monoisotopic (exact) mass is 356 g/mol. The molecule has 1 aromatic carbocycles. The fourth-order valence-electron chi connectivity index (χ4n) is 3.05. The highest BCUT2D eigenvalue weighted by Crippen LogP contribution is 2.36. The van der Waals surface area contributed by atoms with Crippen LogP contribution in [-0.2, 0) is 6.42 Å². The highest BCUT2D eigenvalue weighted by Gasteiger charge is 2.15. The summed E-state index contributed by atoms with van der Waals surface area (Å²) in [6.45, 7) is 14.2. The molecule has 0 aliphatic heterocycles. The summed E-state index contributed by atoms with van der Waals surface area (Å²) < 4.78 is 0. The summed E-state index contributed by atoms with van der Waals surface area (Å²) in [6, 6.07) is 0. The molecule has 0 bridgehead atoms. The quantitative estimate of drug-likeness (QED) is 0.389. The van der Waals surface area contributed by atoms with E-state index in [2.05, 4.69) is 45.9 Å². The van der Waals surface area contributed by atoms with Crippen LogP contribution in [0.5, 0.6) is 11.5 Å². The van der Waals surface area contributed by atoms with Crippen LogP contribution in [0.3, 0.4) is 0 Å². The predicted molar refractivity (Wildman–Crippen MR) is 113 cm³/mol. The molecule has 0 amide bonds. The number of hydrogen-bond donors (Lipinski definition) is 2. The Morgan fingerprint density at radius 3 is 1.77 bits per heavy atom.